The molecule has 0 radical (unpaired) electrons. The molecule has 0 N–H and O–H groups in total. The number of piperazine rings is 1. The summed E-state index contributed by atoms with van der Waals surface area (Å²) in [6, 6.07) is 9.73. The molecule has 0 bridgehead atoms. The van der Waals surface area contributed by atoms with Crippen LogP contribution in [0.15, 0.2) is 47.4 Å². The molecule has 0 amide bonds. The second kappa shape index (κ2) is 7.59. The highest BCUT2D eigenvalue weighted by Gasteiger charge is 2.34. The second-order valence-electron chi connectivity index (χ2n) is 6.52. The van der Waals surface area contributed by atoms with Gasteiger partial charge in [0.05, 0.1) is 20.1 Å². The van der Waals surface area contributed by atoms with Crippen molar-refractivity contribution < 1.29 is 18.3 Å². The lowest BCUT2D eigenvalue weighted by Crippen LogP contribution is -2.48. The third kappa shape index (κ3) is 3.58. The Morgan fingerprint density at radius 1 is 0.967 bits per heavy atom. The first-order chi connectivity index (χ1) is 14.3. The normalized spacial score (nSPS) is 15.4. The van der Waals surface area contributed by atoms with Crippen molar-refractivity contribution in [1.29, 1.82) is 0 Å². The van der Waals surface area contributed by atoms with Gasteiger partial charge in [-0.15, -0.1) is 0 Å². The van der Waals surface area contributed by atoms with Crippen LogP contribution in [0.5, 0.6) is 0 Å². The van der Waals surface area contributed by atoms with Gasteiger partial charge in [0.1, 0.15) is 0 Å². The highest BCUT2D eigenvalue weighted by molar-refractivity contribution is 7.89. The number of nitro benzene ring substituents is 2. The van der Waals surface area contributed by atoms with Crippen LogP contribution in [0.3, 0.4) is 0 Å². The quantitative estimate of drug-likeness (QED) is 0.428. The standard InChI is InChI=1S/C17H15N5O6S2/c23-21(24)12-5-6-13-15(11-12)29-17(18-13)19-7-9-20(10-8-19)30(27,28)16-4-2-1-3-14(16)22(25)26/h1-6,11H,7-10H2. The molecule has 0 spiro atoms. The fourth-order valence-corrected chi connectivity index (χ4v) is 5.86. The average molecular weight is 449 g/mol. The Hall–Kier alpha value is -3.16. The van der Waals surface area contributed by atoms with Crippen molar-refractivity contribution in [3.63, 3.8) is 0 Å². The van der Waals surface area contributed by atoms with Crippen LogP contribution < -0.4 is 4.90 Å². The molecule has 3 aromatic rings. The minimum absolute atomic E-state index is 0.0157. The molecule has 2 heterocycles. The summed E-state index contributed by atoms with van der Waals surface area (Å²) in [6.45, 7) is 0.985. The molecule has 2 aromatic carbocycles. The molecule has 30 heavy (non-hydrogen) atoms. The van der Waals surface area contributed by atoms with Gasteiger partial charge in [0, 0.05) is 44.4 Å². The lowest BCUT2D eigenvalue weighted by atomic mass is 10.3. The number of anilines is 1. The Labute approximate surface area is 174 Å². The van der Waals surface area contributed by atoms with E-state index in [1.165, 1.54) is 52.0 Å². The number of nitrogens with zero attached hydrogens (tertiary/aromatic N) is 5. The van der Waals surface area contributed by atoms with Crippen molar-refractivity contribution in [3.8, 4) is 0 Å². The zero-order chi connectivity index (χ0) is 21.5. The summed E-state index contributed by atoms with van der Waals surface area (Å²) in [5.74, 6) is 0. The Balaban J connectivity index is 1.53. The highest BCUT2D eigenvalue weighted by Crippen LogP contribution is 2.33. The topological polar surface area (TPSA) is 140 Å². The number of para-hydroxylation sites is 1. The predicted octanol–water partition coefficient (Wildman–Crippen LogP) is 2.62. The summed E-state index contributed by atoms with van der Waals surface area (Å²) in [7, 11) is -4.01. The summed E-state index contributed by atoms with van der Waals surface area (Å²) in [5, 5.41) is 22.8. The van der Waals surface area contributed by atoms with E-state index in [0.717, 1.165) is 0 Å². The van der Waals surface area contributed by atoms with Crippen LogP contribution in [0.25, 0.3) is 10.2 Å². The van der Waals surface area contributed by atoms with Gasteiger partial charge in [0.15, 0.2) is 10.0 Å². The van der Waals surface area contributed by atoms with E-state index in [2.05, 4.69) is 4.98 Å². The van der Waals surface area contributed by atoms with Crippen molar-refractivity contribution in [2.24, 2.45) is 0 Å². The maximum atomic E-state index is 12.9. The number of thiazole rings is 1. The van der Waals surface area contributed by atoms with Crippen LogP contribution in [-0.4, -0.2) is 53.7 Å². The third-order valence-corrected chi connectivity index (χ3v) is 7.79. The van der Waals surface area contributed by atoms with Gasteiger partial charge >= 0.3 is 0 Å². The van der Waals surface area contributed by atoms with Gasteiger partial charge in [-0.25, -0.2) is 13.4 Å². The van der Waals surface area contributed by atoms with Crippen LogP contribution in [0.4, 0.5) is 16.5 Å². The Bertz CT molecular complexity index is 1250. The van der Waals surface area contributed by atoms with Crippen LogP contribution in [0.2, 0.25) is 0 Å². The molecule has 13 heteroatoms. The molecule has 0 atom stereocenters. The van der Waals surface area contributed by atoms with Gasteiger partial charge in [-0.3, -0.25) is 20.2 Å². The average Bonchev–Trinajstić information content (AvgIpc) is 3.17. The van der Waals surface area contributed by atoms with Gasteiger partial charge < -0.3 is 4.90 Å². The summed E-state index contributed by atoms with van der Waals surface area (Å²) < 4.78 is 27.7. The summed E-state index contributed by atoms with van der Waals surface area (Å²) in [4.78, 5) is 27.0. The molecule has 1 saturated heterocycles. The molecule has 1 fully saturated rings. The fraction of sp³-hybridized carbons (Fsp3) is 0.235. The zero-order valence-electron chi connectivity index (χ0n) is 15.4. The Morgan fingerprint density at radius 3 is 2.33 bits per heavy atom. The SMILES string of the molecule is O=[N+]([O-])c1ccc2nc(N3CCN(S(=O)(=O)c4ccccc4[N+](=O)[O-])CC3)sc2c1. The molecular formula is C17H15N5O6S2. The number of aromatic nitrogens is 1. The molecule has 1 aromatic heterocycles. The maximum Gasteiger partial charge on any atom is 0.289 e. The zero-order valence-corrected chi connectivity index (χ0v) is 17.0. The number of rotatable bonds is 5. The highest BCUT2D eigenvalue weighted by atomic mass is 32.2. The van der Waals surface area contributed by atoms with E-state index in [4.69, 9.17) is 0 Å². The first-order valence-corrected chi connectivity index (χ1v) is 11.1. The number of non-ortho nitro benzene ring substituents is 1. The maximum absolute atomic E-state index is 12.9. The molecule has 0 aliphatic carbocycles. The van der Waals surface area contributed by atoms with Crippen LogP contribution >= 0.6 is 11.3 Å². The van der Waals surface area contributed by atoms with E-state index in [9.17, 15) is 28.6 Å². The largest absolute Gasteiger partial charge is 0.345 e. The predicted molar refractivity (Wildman–Crippen MR) is 110 cm³/mol. The first kappa shape index (κ1) is 20.1. The van der Waals surface area contributed by atoms with Crippen LogP contribution in [0.1, 0.15) is 0 Å². The molecule has 1 aliphatic heterocycles. The third-order valence-electron chi connectivity index (χ3n) is 4.76. The molecule has 0 saturated carbocycles. The molecule has 4 rings (SSSR count). The Morgan fingerprint density at radius 2 is 1.67 bits per heavy atom. The van der Waals surface area contributed by atoms with E-state index in [1.807, 2.05) is 4.90 Å². The number of nitro groups is 2. The van der Waals surface area contributed by atoms with E-state index in [1.54, 1.807) is 6.07 Å². The lowest BCUT2D eigenvalue weighted by molar-refractivity contribution is -0.387. The van der Waals surface area contributed by atoms with Gasteiger partial charge in [-0.05, 0) is 12.1 Å². The number of hydrogen-bond donors (Lipinski definition) is 0. The van der Waals surface area contributed by atoms with Crippen molar-refractivity contribution in [3.05, 3.63) is 62.7 Å². The number of sulfonamides is 1. The summed E-state index contributed by atoms with van der Waals surface area (Å²) in [6.07, 6.45) is 0. The van der Waals surface area contributed by atoms with Crippen LogP contribution in [0, 0.1) is 20.2 Å². The van der Waals surface area contributed by atoms with Crippen molar-refractivity contribution in [2.45, 2.75) is 4.90 Å². The van der Waals surface area contributed by atoms with Crippen molar-refractivity contribution in [2.75, 3.05) is 31.1 Å². The number of hydrogen-bond acceptors (Lipinski definition) is 9. The molecule has 156 valence electrons. The van der Waals surface area contributed by atoms with Crippen molar-refractivity contribution >= 4 is 48.1 Å². The van der Waals surface area contributed by atoms with Crippen LogP contribution in [-0.2, 0) is 10.0 Å². The number of benzene rings is 2. The molecular weight excluding hydrogens is 434 g/mol. The summed E-state index contributed by atoms with van der Waals surface area (Å²) in [5.41, 5.74) is 0.168. The number of fused-ring (bicyclic) bond motifs is 1. The molecule has 0 unspecified atom stereocenters. The van der Waals surface area contributed by atoms with E-state index in [0.29, 0.717) is 28.4 Å². The lowest BCUT2D eigenvalue weighted by Gasteiger charge is -2.33. The Kier molecular flexibility index (Phi) is 5.09. The second-order valence-corrected chi connectivity index (χ2v) is 9.44. The van der Waals surface area contributed by atoms with Gasteiger partial charge in [0.2, 0.25) is 10.0 Å². The fourth-order valence-electron chi connectivity index (χ4n) is 3.23. The molecule has 1 aliphatic rings. The monoisotopic (exact) mass is 449 g/mol. The van der Waals surface area contributed by atoms with Gasteiger partial charge in [-0.1, -0.05) is 23.5 Å². The van der Waals surface area contributed by atoms with Gasteiger partial charge in [-0.2, -0.15) is 4.31 Å². The smallest absolute Gasteiger partial charge is 0.289 e. The summed E-state index contributed by atoms with van der Waals surface area (Å²) >= 11 is 1.30. The van der Waals surface area contributed by atoms with Gasteiger partial charge in [0.25, 0.3) is 11.4 Å². The van der Waals surface area contributed by atoms with Crippen molar-refractivity contribution in [1.82, 2.24) is 9.29 Å². The van der Waals surface area contributed by atoms with E-state index >= 15 is 0 Å². The first-order valence-electron chi connectivity index (χ1n) is 8.81. The molecule has 11 nitrogen and oxygen atoms in total. The minimum atomic E-state index is -4.01. The van der Waals surface area contributed by atoms with E-state index in [-0.39, 0.29) is 23.7 Å². The minimum Gasteiger partial charge on any atom is -0.345 e. The van der Waals surface area contributed by atoms with E-state index < -0.39 is 25.6 Å².